The van der Waals surface area contributed by atoms with Crippen LogP contribution in [0.2, 0.25) is 0 Å². The molecule has 2 aromatic carbocycles. The molecule has 0 aliphatic carbocycles. The molecule has 1 heterocycles. The average Bonchev–Trinajstić information content (AvgIpc) is 2.61. The van der Waals surface area contributed by atoms with Crippen molar-refractivity contribution >= 4 is 34.1 Å². The Labute approximate surface area is 151 Å². The highest BCUT2D eigenvalue weighted by molar-refractivity contribution is 6.05. The van der Waals surface area contributed by atoms with Crippen LogP contribution >= 0.6 is 0 Å². The van der Waals surface area contributed by atoms with E-state index in [9.17, 15) is 9.59 Å². The van der Waals surface area contributed by atoms with Crippen LogP contribution in [-0.2, 0) is 0 Å². The predicted molar refractivity (Wildman–Crippen MR) is 105 cm³/mol. The first-order valence-corrected chi connectivity index (χ1v) is 8.53. The van der Waals surface area contributed by atoms with Gasteiger partial charge in [0.2, 0.25) is 0 Å². The molecular formula is C20H21N3O3. The fourth-order valence-electron chi connectivity index (χ4n) is 2.70. The summed E-state index contributed by atoms with van der Waals surface area (Å²) in [6, 6.07) is 14.1. The highest BCUT2D eigenvalue weighted by atomic mass is 16.4. The van der Waals surface area contributed by atoms with E-state index in [-0.39, 0.29) is 5.69 Å². The van der Waals surface area contributed by atoms with E-state index in [1.807, 2.05) is 44.2 Å². The minimum atomic E-state index is -0.596. The molecule has 6 nitrogen and oxygen atoms in total. The number of benzene rings is 2. The maximum Gasteiger partial charge on any atom is 0.362 e. The van der Waals surface area contributed by atoms with E-state index in [2.05, 4.69) is 16.0 Å². The van der Waals surface area contributed by atoms with Crippen molar-refractivity contribution in [3.63, 3.8) is 0 Å². The summed E-state index contributed by atoms with van der Waals surface area (Å²) in [5, 5.41) is 9.33. The predicted octanol–water partition coefficient (Wildman–Crippen LogP) is 4.57. The second-order valence-corrected chi connectivity index (χ2v) is 6.01. The monoisotopic (exact) mass is 351 g/mol. The molecule has 0 atom stereocenters. The van der Waals surface area contributed by atoms with Crippen LogP contribution in [0.5, 0.6) is 0 Å². The number of hydrogen-bond donors (Lipinski definition) is 3. The first-order valence-electron chi connectivity index (χ1n) is 8.53. The average molecular weight is 351 g/mol. The van der Waals surface area contributed by atoms with Crippen LogP contribution in [0.25, 0.3) is 11.0 Å². The minimum absolute atomic E-state index is 0.0994. The maximum atomic E-state index is 12.4. The number of fused-ring (bicyclic) bond motifs is 1. The van der Waals surface area contributed by atoms with E-state index in [1.165, 1.54) is 0 Å². The lowest BCUT2D eigenvalue weighted by atomic mass is 10.2. The van der Waals surface area contributed by atoms with Gasteiger partial charge in [0.15, 0.2) is 5.69 Å². The SMILES string of the molecule is CCCNc1c(NC(=O)Nc2cccc(C)c2)c(=O)oc2ccccc12. The van der Waals surface area contributed by atoms with Crippen molar-refractivity contribution in [1.82, 2.24) is 0 Å². The van der Waals surface area contributed by atoms with E-state index in [4.69, 9.17) is 4.42 Å². The number of amides is 2. The van der Waals surface area contributed by atoms with Crippen molar-refractivity contribution in [3.8, 4) is 0 Å². The Morgan fingerprint density at radius 3 is 2.62 bits per heavy atom. The summed E-state index contributed by atoms with van der Waals surface area (Å²) in [5.74, 6) is 0. The molecule has 3 N–H and O–H groups in total. The van der Waals surface area contributed by atoms with Crippen molar-refractivity contribution in [2.24, 2.45) is 0 Å². The van der Waals surface area contributed by atoms with Gasteiger partial charge in [-0.1, -0.05) is 31.2 Å². The van der Waals surface area contributed by atoms with Gasteiger partial charge in [0.1, 0.15) is 5.58 Å². The zero-order valence-corrected chi connectivity index (χ0v) is 14.8. The first kappa shape index (κ1) is 17.5. The van der Waals surface area contributed by atoms with Crippen LogP contribution in [0.3, 0.4) is 0 Å². The lowest BCUT2D eigenvalue weighted by Gasteiger charge is -2.14. The highest BCUT2D eigenvalue weighted by Crippen LogP contribution is 2.28. The number of urea groups is 1. The van der Waals surface area contributed by atoms with Gasteiger partial charge in [-0.2, -0.15) is 0 Å². The van der Waals surface area contributed by atoms with Gasteiger partial charge in [-0.15, -0.1) is 0 Å². The van der Waals surface area contributed by atoms with Gasteiger partial charge < -0.3 is 15.1 Å². The first-order chi connectivity index (χ1) is 12.6. The molecule has 0 aliphatic rings. The van der Waals surface area contributed by atoms with E-state index in [1.54, 1.807) is 18.2 Å². The number of nitrogens with one attached hydrogen (secondary N) is 3. The lowest BCUT2D eigenvalue weighted by Crippen LogP contribution is -2.24. The van der Waals surface area contributed by atoms with Crippen LogP contribution < -0.4 is 21.6 Å². The van der Waals surface area contributed by atoms with Crippen molar-refractivity contribution in [1.29, 1.82) is 0 Å². The normalized spacial score (nSPS) is 10.5. The molecular weight excluding hydrogens is 330 g/mol. The van der Waals surface area contributed by atoms with Crippen molar-refractivity contribution in [2.45, 2.75) is 20.3 Å². The molecule has 0 fully saturated rings. The molecule has 2 amide bonds. The molecule has 0 bridgehead atoms. The summed E-state index contributed by atoms with van der Waals surface area (Å²) in [5.41, 5.74) is 2.22. The Balaban J connectivity index is 1.94. The summed E-state index contributed by atoms with van der Waals surface area (Å²) in [4.78, 5) is 24.8. The van der Waals surface area contributed by atoms with Crippen molar-refractivity contribution < 1.29 is 9.21 Å². The van der Waals surface area contributed by atoms with E-state index in [0.717, 1.165) is 17.4 Å². The van der Waals surface area contributed by atoms with Gasteiger partial charge in [-0.3, -0.25) is 5.32 Å². The molecule has 6 heteroatoms. The van der Waals surface area contributed by atoms with Gasteiger partial charge in [-0.05, 0) is 43.2 Å². The van der Waals surface area contributed by atoms with E-state index in [0.29, 0.717) is 23.5 Å². The van der Waals surface area contributed by atoms with Gasteiger partial charge in [0, 0.05) is 17.6 Å². The molecule has 26 heavy (non-hydrogen) atoms. The third-order valence-corrected chi connectivity index (χ3v) is 3.88. The van der Waals surface area contributed by atoms with Crippen LogP contribution in [-0.4, -0.2) is 12.6 Å². The summed E-state index contributed by atoms with van der Waals surface area (Å²) >= 11 is 0. The van der Waals surface area contributed by atoms with Gasteiger partial charge in [-0.25, -0.2) is 9.59 Å². The van der Waals surface area contributed by atoms with E-state index < -0.39 is 11.7 Å². The molecule has 0 saturated heterocycles. The number of anilines is 3. The lowest BCUT2D eigenvalue weighted by molar-refractivity contribution is 0.262. The van der Waals surface area contributed by atoms with E-state index >= 15 is 0 Å². The summed E-state index contributed by atoms with van der Waals surface area (Å²) in [6.45, 7) is 4.63. The minimum Gasteiger partial charge on any atom is -0.421 e. The number of rotatable bonds is 5. The molecule has 0 aliphatic heterocycles. The largest absolute Gasteiger partial charge is 0.421 e. The third-order valence-electron chi connectivity index (χ3n) is 3.88. The van der Waals surface area contributed by atoms with Crippen molar-refractivity contribution in [3.05, 3.63) is 64.5 Å². The molecule has 3 aromatic rings. The number of carbonyl (C=O) groups excluding carboxylic acids is 1. The van der Waals surface area contributed by atoms with Gasteiger partial charge >= 0.3 is 11.7 Å². The summed E-state index contributed by atoms with van der Waals surface area (Å²) in [6.07, 6.45) is 0.878. The smallest absolute Gasteiger partial charge is 0.362 e. The Bertz CT molecular complexity index is 995. The number of para-hydroxylation sites is 1. The topological polar surface area (TPSA) is 83.4 Å². The number of carbonyl (C=O) groups is 1. The Hall–Kier alpha value is -3.28. The highest BCUT2D eigenvalue weighted by Gasteiger charge is 2.16. The molecule has 134 valence electrons. The second-order valence-electron chi connectivity index (χ2n) is 6.01. The van der Waals surface area contributed by atoms with Crippen LogP contribution in [0.15, 0.2) is 57.7 Å². The van der Waals surface area contributed by atoms with Gasteiger partial charge in [0.05, 0.1) is 5.69 Å². The fourth-order valence-corrected chi connectivity index (χ4v) is 2.70. The number of aryl methyl sites for hydroxylation is 1. The van der Waals surface area contributed by atoms with Crippen LogP contribution in [0.4, 0.5) is 21.9 Å². The zero-order chi connectivity index (χ0) is 18.5. The number of hydrogen-bond acceptors (Lipinski definition) is 4. The quantitative estimate of drug-likeness (QED) is 0.588. The standard InChI is InChI=1S/C20H21N3O3/c1-3-11-21-17-15-9-4-5-10-16(15)26-19(24)18(17)23-20(25)22-14-8-6-7-13(2)12-14/h4-10,12,21H,3,11H2,1-2H3,(H2,22,23,25). The molecule has 0 spiro atoms. The van der Waals surface area contributed by atoms with Gasteiger partial charge in [0.25, 0.3) is 0 Å². The maximum absolute atomic E-state index is 12.4. The Kier molecular flexibility index (Phi) is 5.22. The van der Waals surface area contributed by atoms with Crippen LogP contribution in [0.1, 0.15) is 18.9 Å². The molecule has 1 aromatic heterocycles. The summed E-state index contributed by atoms with van der Waals surface area (Å²) in [7, 11) is 0. The zero-order valence-electron chi connectivity index (χ0n) is 14.8. The Morgan fingerprint density at radius 1 is 1.04 bits per heavy atom. The molecule has 0 radical (unpaired) electrons. The summed E-state index contributed by atoms with van der Waals surface area (Å²) < 4.78 is 5.35. The molecule has 0 unspecified atom stereocenters. The second kappa shape index (κ2) is 7.74. The molecule has 0 saturated carbocycles. The van der Waals surface area contributed by atoms with Crippen molar-refractivity contribution in [2.75, 3.05) is 22.5 Å². The third kappa shape index (κ3) is 3.85. The molecule has 3 rings (SSSR count). The van der Waals surface area contributed by atoms with Crippen LogP contribution in [0, 0.1) is 6.92 Å². The Morgan fingerprint density at radius 2 is 1.85 bits per heavy atom. The fraction of sp³-hybridized carbons (Fsp3) is 0.200.